The predicted molar refractivity (Wildman–Crippen MR) is 126 cm³/mol. The molecule has 3 rings (SSSR count). The number of aromatic nitrogens is 1. The fourth-order valence-corrected chi connectivity index (χ4v) is 4.12. The Bertz CT molecular complexity index is 1050. The highest BCUT2D eigenvalue weighted by atomic mass is 19.4. The highest BCUT2D eigenvalue weighted by Crippen LogP contribution is 2.39. The summed E-state index contributed by atoms with van der Waals surface area (Å²) in [5.41, 5.74) is 2.45. The monoisotopic (exact) mass is 473 g/mol. The molecule has 1 N–H and O–H groups in total. The molecule has 1 aromatic heterocycles. The Morgan fingerprint density at radius 2 is 2.03 bits per heavy atom. The van der Waals surface area contributed by atoms with E-state index in [0.29, 0.717) is 18.7 Å². The van der Waals surface area contributed by atoms with Crippen molar-refractivity contribution < 1.29 is 18.0 Å². The van der Waals surface area contributed by atoms with E-state index in [9.17, 15) is 18.0 Å². The normalized spacial score (nSPS) is 16.5. The highest BCUT2D eigenvalue weighted by Gasteiger charge is 2.35. The number of halogens is 3. The summed E-state index contributed by atoms with van der Waals surface area (Å²) in [5.74, 6) is -0.0187. The van der Waals surface area contributed by atoms with Crippen molar-refractivity contribution in [1.82, 2.24) is 20.1 Å². The molecular weight excluding hydrogens is 443 g/mol. The molecule has 6 nitrogen and oxygen atoms in total. The first kappa shape index (κ1) is 25.4. The van der Waals surface area contributed by atoms with Gasteiger partial charge in [0, 0.05) is 32.5 Å². The summed E-state index contributed by atoms with van der Waals surface area (Å²) in [6, 6.07) is 7.12. The van der Waals surface area contributed by atoms with Gasteiger partial charge in [-0.15, -0.1) is 0 Å². The summed E-state index contributed by atoms with van der Waals surface area (Å²) in [6.45, 7) is 7.29. The zero-order chi connectivity index (χ0) is 24.9. The second-order valence-electron chi connectivity index (χ2n) is 8.67. The van der Waals surface area contributed by atoms with Crippen LogP contribution in [0.1, 0.15) is 59.6 Å². The van der Waals surface area contributed by atoms with Crippen LogP contribution in [0.4, 0.5) is 13.2 Å². The summed E-state index contributed by atoms with van der Waals surface area (Å²) in [5, 5.41) is 2.76. The highest BCUT2D eigenvalue weighted by molar-refractivity contribution is 5.94. The molecule has 34 heavy (non-hydrogen) atoms. The van der Waals surface area contributed by atoms with Crippen molar-refractivity contribution in [2.24, 2.45) is 10.9 Å². The van der Waals surface area contributed by atoms with Crippen LogP contribution in [-0.2, 0) is 19.3 Å². The van der Waals surface area contributed by atoms with Gasteiger partial charge in [-0.3, -0.25) is 19.7 Å². The van der Waals surface area contributed by atoms with E-state index in [1.165, 1.54) is 12.1 Å². The molecule has 0 bridgehead atoms. The maximum absolute atomic E-state index is 12.9. The number of alkyl halides is 3. The number of pyridine rings is 1. The van der Waals surface area contributed by atoms with Gasteiger partial charge in [-0.25, -0.2) is 0 Å². The summed E-state index contributed by atoms with van der Waals surface area (Å²) >= 11 is 0. The largest absolute Gasteiger partial charge is 0.416 e. The number of benzene rings is 1. The van der Waals surface area contributed by atoms with Crippen molar-refractivity contribution >= 4 is 12.2 Å². The van der Waals surface area contributed by atoms with E-state index in [1.807, 2.05) is 32.3 Å². The molecule has 0 unspecified atom stereocenters. The zero-order valence-electron chi connectivity index (χ0n) is 19.8. The van der Waals surface area contributed by atoms with E-state index < -0.39 is 11.7 Å². The standard InChI is InChI=1S/C25H30F3N5O/c1-5-10-32(4)16-29-15-31-24(34)19-11-20-14-33(23(17(2)3)22(20)30-12-19)13-18-6-8-21(9-7-18)25(26,27)28/h5-12,16-17,23H,13-15H2,1-4H3,(H,31,34)/b10-5-,29-16+/t23-/m0/s1. The summed E-state index contributed by atoms with van der Waals surface area (Å²) in [7, 11) is 1.84. The van der Waals surface area contributed by atoms with Gasteiger partial charge in [0.1, 0.15) is 6.67 Å². The van der Waals surface area contributed by atoms with Crippen LogP contribution in [0, 0.1) is 5.92 Å². The van der Waals surface area contributed by atoms with E-state index >= 15 is 0 Å². The molecule has 1 atom stereocenters. The number of amides is 1. The molecule has 0 fully saturated rings. The summed E-state index contributed by atoms with van der Waals surface area (Å²) < 4.78 is 38.6. The first-order valence-electron chi connectivity index (χ1n) is 11.1. The lowest BCUT2D eigenvalue weighted by molar-refractivity contribution is -0.137. The maximum Gasteiger partial charge on any atom is 0.416 e. The molecule has 0 saturated heterocycles. The lowest BCUT2D eigenvalue weighted by Crippen LogP contribution is -2.26. The molecule has 1 aliphatic heterocycles. The number of nitrogens with zero attached hydrogens (tertiary/aromatic N) is 4. The van der Waals surface area contributed by atoms with E-state index in [2.05, 4.69) is 34.0 Å². The van der Waals surface area contributed by atoms with Crippen LogP contribution >= 0.6 is 0 Å². The van der Waals surface area contributed by atoms with E-state index in [-0.39, 0.29) is 24.5 Å². The van der Waals surface area contributed by atoms with Crippen molar-refractivity contribution in [2.45, 2.75) is 46.1 Å². The quantitative estimate of drug-likeness (QED) is 0.433. The molecule has 0 spiro atoms. The summed E-state index contributed by atoms with van der Waals surface area (Å²) in [4.78, 5) is 25.3. The Morgan fingerprint density at radius 3 is 2.65 bits per heavy atom. The number of rotatable bonds is 8. The number of allylic oxidation sites excluding steroid dienone is 1. The molecule has 1 amide bonds. The first-order chi connectivity index (χ1) is 16.1. The smallest absolute Gasteiger partial charge is 0.343 e. The van der Waals surface area contributed by atoms with Crippen molar-refractivity contribution in [1.29, 1.82) is 0 Å². The van der Waals surface area contributed by atoms with Crippen LogP contribution < -0.4 is 5.32 Å². The van der Waals surface area contributed by atoms with Gasteiger partial charge in [-0.2, -0.15) is 13.2 Å². The van der Waals surface area contributed by atoms with E-state index in [4.69, 9.17) is 0 Å². The molecule has 1 aromatic carbocycles. The Hall–Kier alpha value is -3.20. The second-order valence-corrected chi connectivity index (χ2v) is 8.67. The molecule has 0 radical (unpaired) electrons. The lowest BCUT2D eigenvalue weighted by atomic mass is 9.99. The van der Waals surface area contributed by atoms with Gasteiger partial charge in [0.05, 0.1) is 29.2 Å². The van der Waals surface area contributed by atoms with Crippen LogP contribution in [0.2, 0.25) is 0 Å². The van der Waals surface area contributed by atoms with Crippen molar-refractivity contribution in [3.8, 4) is 0 Å². The van der Waals surface area contributed by atoms with Crippen molar-refractivity contribution in [2.75, 3.05) is 13.7 Å². The molecule has 2 heterocycles. The Kier molecular flexibility index (Phi) is 8.09. The van der Waals surface area contributed by atoms with Crippen LogP contribution in [0.3, 0.4) is 0 Å². The van der Waals surface area contributed by atoms with Gasteiger partial charge in [0.25, 0.3) is 5.91 Å². The fraction of sp³-hybridized carbons (Fsp3) is 0.400. The van der Waals surface area contributed by atoms with E-state index in [1.54, 1.807) is 17.4 Å². The number of aliphatic imine (C=N–C) groups is 1. The van der Waals surface area contributed by atoms with Gasteiger partial charge < -0.3 is 10.2 Å². The molecule has 9 heteroatoms. The predicted octanol–water partition coefficient (Wildman–Crippen LogP) is 4.99. The molecule has 0 saturated carbocycles. The molecule has 0 aliphatic carbocycles. The number of carbonyl (C=O) groups is 1. The number of fused-ring (bicyclic) bond motifs is 1. The molecule has 182 valence electrons. The Labute approximate surface area is 198 Å². The minimum absolute atomic E-state index is 0.0150. The lowest BCUT2D eigenvalue weighted by Gasteiger charge is -2.27. The number of nitrogens with one attached hydrogen (secondary N) is 1. The van der Waals surface area contributed by atoms with Crippen LogP contribution in [0.25, 0.3) is 0 Å². The minimum Gasteiger partial charge on any atom is -0.343 e. The topological polar surface area (TPSA) is 60.8 Å². The van der Waals surface area contributed by atoms with Gasteiger partial charge in [0.15, 0.2) is 0 Å². The zero-order valence-corrected chi connectivity index (χ0v) is 19.8. The first-order valence-corrected chi connectivity index (χ1v) is 11.1. The van der Waals surface area contributed by atoms with Crippen LogP contribution in [-0.4, -0.2) is 40.7 Å². The van der Waals surface area contributed by atoms with Crippen molar-refractivity contribution in [3.05, 3.63) is 76.8 Å². The molecule has 2 aromatic rings. The Morgan fingerprint density at radius 1 is 1.32 bits per heavy atom. The fourth-order valence-electron chi connectivity index (χ4n) is 4.12. The number of hydrogen-bond donors (Lipinski definition) is 1. The van der Waals surface area contributed by atoms with Crippen LogP contribution in [0.5, 0.6) is 0 Å². The van der Waals surface area contributed by atoms with E-state index in [0.717, 1.165) is 29.0 Å². The second kappa shape index (κ2) is 10.8. The average Bonchev–Trinajstić information content (AvgIpc) is 3.13. The van der Waals surface area contributed by atoms with Gasteiger partial charge in [0.2, 0.25) is 0 Å². The third-order valence-corrected chi connectivity index (χ3v) is 5.59. The molecular formula is C25H30F3N5O. The average molecular weight is 474 g/mol. The van der Waals surface area contributed by atoms with Gasteiger partial charge in [-0.05, 0) is 42.2 Å². The van der Waals surface area contributed by atoms with Crippen LogP contribution in [0.15, 0.2) is 53.8 Å². The minimum atomic E-state index is -4.35. The summed E-state index contributed by atoms with van der Waals surface area (Å²) in [6.07, 6.45) is 2.56. The Balaban J connectivity index is 1.69. The number of carbonyl (C=O) groups excluding carboxylic acids is 1. The third kappa shape index (κ3) is 6.22. The molecule has 1 aliphatic rings. The SMILES string of the molecule is C/C=C\N(C)/C=N/CNC(=O)c1cnc2c(c1)CN(Cc1ccc(C(F)(F)F)cc1)[C@H]2C(C)C. The van der Waals surface area contributed by atoms with Crippen molar-refractivity contribution in [3.63, 3.8) is 0 Å². The maximum atomic E-state index is 12.9. The van der Waals surface area contributed by atoms with Gasteiger partial charge in [-0.1, -0.05) is 32.1 Å². The number of hydrogen-bond acceptors (Lipinski definition) is 4. The van der Waals surface area contributed by atoms with Gasteiger partial charge >= 0.3 is 6.18 Å². The third-order valence-electron chi connectivity index (χ3n) is 5.59.